The summed E-state index contributed by atoms with van der Waals surface area (Å²) in [6.45, 7) is 7.25. The lowest BCUT2D eigenvalue weighted by Gasteiger charge is -2.29. The van der Waals surface area contributed by atoms with Crippen LogP contribution in [0, 0.1) is 6.92 Å². The van der Waals surface area contributed by atoms with Crippen molar-refractivity contribution in [1.29, 1.82) is 0 Å². The van der Waals surface area contributed by atoms with Crippen molar-refractivity contribution in [2.75, 3.05) is 49.7 Å². The topological polar surface area (TPSA) is 46.6 Å². The molecule has 0 radical (unpaired) electrons. The summed E-state index contributed by atoms with van der Waals surface area (Å²) in [4.78, 5) is 7.07. The van der Waals surface area contributed by atoms with Crippen LogP contribution < -0.4 is 10.2 Å². The second-order valence-electron chi connectivity index (χ2n) is 5.52. The van der Waals surface area contributed by atoms with Gasteiger partial charge in [0.25, 0.3) is 0 Å². The standard InChI is InChI=1S/C15H23N3O2/c1-12-10-14(16-13-2-6-19-7-3-13)17-15(11-12)18-4-8-20-9-5-18/h10-11,13H,2-9H2,1H3,(H,16,17). The van der Waals surface area contributed by atoms with Gasteiger partial charge in [-0.1, -0.05) is 0 Å². The van der Waals surface area contributed by atoms with E-state index in [2.05, 4.69) is 29.3 Å². The minimum Gasteiger partial charge on any atom is -0.381 e. The predicted molar refractivity (Wildman–Crippen MR) is 79.5 cm³/mol. The minimum atomic E-state index is 0.482. The number of aromatic nitrogens is 1. The van der Waals surface area contributed by atoms with Gasteiger partial charge in [-0.05, 0) is 37.5 Å². The Bertz CT molecular complexity index is 441. The van der Waals surface area contributed by atoms with Crippen molar-refractivity contribution in [3.05, 3.63) is 17.7 Å². The number of morpholine rings is 1. The molecule has 0 atom stereocenters. The van der Waals surface area contributed by atoms with Gasteiger partial charge >= 0.3 is 0 Å². The number of anilines is 2. The third-order valence-corrected chi connectivity index (χ3v) is 3.86. The summed E-state index contributed by atoms with van der Waals surface area (Å²) in [7, 11) is 0. The quantitative estimate of drug-likeness (QED) is 0.913. The summed E-state index contributed by atoms with van der Waals surface area (Å²) >= 11 is 0. The van der Waals surface area contributed by atoms with Gasteiger partial charge in [-0.15, -0.1) is 0 Å². The van der Waals surface area contributed by atoms with Gasteiger partial charge in [0.15, 0.2) is 0 Å². The van der Waals surface area contributed by atoms with Crippen LogP contribution in [0.15, 0.2) is 12.1 Å². The van der Waals surface area contributed by atoms with Gasteiger partial charge in [0.05, 0.1) is 13.2 Å². The van der Waals surface area contributed by atoms with Crippen molar-refractivity contribution in [3.8, 4) is 0 Å². The Morgan fingerprint density at radius 2 is 1.80 bits per heavy atom. The summed E-state index contributed by atoms with van der Waals surface area (Å²) in [6.07, 6.45) is 2.12. The third kappa shape index (κ3) is 3.41. The number of pyridine rings is 1. The number of hydrogen-bond donors (Lipinski definition) is 1. The average Bonchev–Trinajstić information content (AvgIpc) is 2.49. The largest absolute Gasteiger partial charge is 0.381 e. The van der Waals surface area contributed by atoms with Gasteiger partial charge in [-0.3, -0.25) is 0 Å². The lowest BCUT2D eigenvalue weighted by molar-refractivity contribution is 0.0904. The monoisotopic (exact) mass is 277 g/mol. The Morgan fingerprint density at radius 3 is 2.55 bits per heavy atom. The number of aryl methyl sites for hydroxylation is 1. The molecule has 0 aliphatic carbocycles. The van der Waals surface area contributed by atoms with E-state index in [-0.39, 0.29) is 0 Å². The predicted octanol–water partition coefficient (Wildman–Crippen LogP) is 1.82. The van der Waals surface area contributed by atoms with Crippen LogP contribution in [-0.4, -0.2) is 50.5 Å². The van der Waals surface area contributed by atoms with Crippen LogP contribution in [0.3, 0.4) is 0 Å². The van der Waals surface area contributed by atoms with Crippen LogP contribution in [0.2, 0.25) is 0 Å². The van der Waals surface area contributed by atoms with E-state index in [4.69, 9.17) is 14.5 Å². The molecule has 0 aromatic carbocycles. The van der Waals surface area contributed by atoms with Crippen LogP contribution in [-0.2, 0) is 9.47 Å². The first-order valence-corrected chi connectivity index (χ1v) is 7.47. The smallest absolute Gasteiger partial charge is 0.131 e. The lowest BCUT2D eigenvalue weighted by atomic mass is 10.1. The van der Waals surface area contributed by atoms with Crippen LogP contribution in [0.1, 0.15) is 18.4 Å². The van der Waals surface area contributed by atoms with Crippen molar-refractivity contribution < 1.29 is 9.47 Å². The first-order chi connectivity index (χ1) is 9.81. The summed E-state index contributed by atoms with van der Waals surface area (Å²) in [6, 6.07) is 4.76. The molecule has 0 saturated carbocycles. The molecule has 5 heteroatoms. The van der Waals surface area contributed by atoms with Gasteiger partial charge in [0.1, 0.15) is 11.6 Å². The third-order valence-electron chi connectivity index (χ3n) is 3.86. The Balaban J connectivity index is 1.71. The van der Waals surface area contributed by atoms with Crippen molar-refractivity contribution in [3.63, 3.8) is 0 Å². The Kier molecular flexibility index (Phi) is 4.38. The molecule has 3 rings (SSSR count). The van der Waals surface area contributed by atoms with E-state index in [0.717, 1.165) is 64.0 Å². The molecule has 0 bridgehead atoms. The van der Waals surface area contributed by atoms with Crippen molar-refractivity contribution in [1.82, 2.24) is 4.98 Å². The molecule has 0 unspecified atom stereocenters. The van der Waals surface area contributed by atoms with Gasteiger partial charge in [0.2, 0.25) is 0 Å². The lowest BCUT2D eigenvalue weighted by Crippen LogP contribution is -2.37. The summed E-state index contributed by atoms with van der Waals surface area (Å²) in [5.41, 5.74) is 1.25. The molecule has 20 heavy (non-hydrogen) atoms. The van der Waals surface area contributed by atoms with Crippen molar-refractivity contribution in [2.24, 2.45) is 0 Å². The number of nitrogens with one attached hydrogen (secondary N) is 1. The SMILES string of the molecule is Cc1cc(NC2CCOCC2)nc(N2CCOCC2)c1. The van der Waals surface area contributed by atoms with E-state index >= 15 is 0 Å². The maximum Gasteiger partial charge on any atom is 0.131 e. The fourth-order valence-electron chi connectivity index (χ4n) is 2.73. The summed E-state index contributed by atoms with van der Waals surface area (Å²) in [5, 5.41) is 3.55. The first-order valence-electron chi connectivity index (χ1n) is 7.47. The zero-order valence-corrected chi connectivity index (χ0v) is 12.1. The molecule has 1 N–H and O–H groups in total. The van der Waals surface area contributed by atoms with Gasteiger partial charge in [-0.2, -0.15) is 0 Å². The highest BCUT2D eigenvalue weighted by Gasteiger charge is 2.16. The number of ether oxygens (including phenoxy) is 2. The highest BCUT2D eigenvalue weighted by molar-refractivity contribution is 5.50. The molecule has 1 aromatic rings. The minimum absolute atomic E-state index is 0.482. The van der Waals surface area contributed by atoms with Crippen LogP contribution in [0.4, 0.5) is 11.6 Å². The van der Waals surface area contributed by atoms with E-state index in [0.29, 0.717) is 6.04 Å². The number of rotatable bonds is 3. The molecule has 2 saturated heterocycles. The zero-order valence-electron chi connectivity index (χ0n) is 12.1. The molecule has 2 aliphatic rings. The molecule has 3 heterocycles. The summed E-state index contributed by atoms with van der Waals surface area (Å²) < 4.78 is 10.8. The molecule has 0 amide bonds. The second-order valence-corrected chi connectivity index (χ2v) is 5.52. The molecule has 1 aromatic heterocycles. The van der Waals surface area contributed by atoms with E-state index < -0.39 is 0 Å². The second kappa shape index (κ2) is 6.41. The Hall–Kier alpha value is -1.33. The fraction of sp³-hybridized carbons (Fsp3) is 0.667. The van der Waals surface area contributed by atoms with Crippen molar-refractivity contribution >= 4 is 11.6 Å². The Labute approximate surface area is 120 Å². The van der Waals surface area contributed by atoms with Crippen LogP contribution >= 0.6 is 0 Å². The molecule has 110 valence electrons. The molecule has 5 nitrogen and oxygen atoms in total. The van der Waals surface area contributed by atoms with E-state index in [1.807, 2.05) is 0 Å². The van der Waals surface area contributed by atoms with Gasteiger partial charge in [-0.25, -0.2) is 4.98 Å². The fourth-order valence-corrected chi connectivity index (χ4v) is 2.73. The molecule has 2 aliphatic heterocycles. The molecular weight excluding hydrogens is 254 g/mol. The first kappa shape index (κ1) is 13.6. The van der Waals surface area contributed by atoms with Crippen LogP contribution in [0.5, 0.6) is 0 Å². The Morgan fingerprint density at radius 1 is 1.10 bits per heavy atom. The highest BCUT2D eigenvalue weighted by atomic mass is 16.5. The highest BCUT2D eigenvalue weighted by Crippen LogP contribution is 2.21. The maximum atomic E-state index is 5.40. The van der Waals surface area contributed by atoms with Crippen molar-refractivity contribution in [2.45, 2.75) is 25.8 Å². The van der Waals surface area contributed by atoms with Gasteiger partial charge in [0, 0.05) is 32.3 Å². The van der Waals surface area contributed by atoms with Gasteiger partial charge < -0.3 is 19.7 Å². The van der Waals surface area contributed by atoms with E-state index in [1.165, 1.54) is 5.56 Å². The normalized spacial score (nSPS) is 20.9. The molecular formula is C15H23N3O2. The number of hydrogen-bond acceptors (Lipinski definition) is 5. The zero-order chi connectivity index (χ0) is 13.8. The summed E-state index contributed by atoms with van der Waals surface area (Å²) in [5.74, 6) is 2.04. The van der Waals surface area contributed by atoms with E-state index in [9.17, 15) is 0 Å². The van der Waals surface area contributed by atoms with E-state index in [1.54, 1.807) is 0 Å². The molecule has 2 fully saturated rings. The van der Waals surface area contributed by atoms with Crippen LogP contribution in [0.25, 0.3) is 0 Å². The maximum absolute atomic E-state index is 5.40. The molecule has 0 spiro atoms. The average molecular weight is 277 g/mol. The number of nitrogens with zero attached hydrogens (tertiary/aromatic N) is 2.